The topological polar surface area (TPSA) is 77.4 Å². The number of aliphatic hydroxyl groups is 2. The van der Waals surface area contributed by atoms with Gasteiger partial charge in [0, 0.05) is 22.7 Å². The molecule has 30 heavy (non-hydrogen) atoms. The molecular weight excluding hydrogens is 384 g/mol. The van der Waals surface area contributed by atoms with Gasteiger partial charge in [0.2, 0.25) is 0 Å². The van der Waals surface area contributed by atoms with Crippen molar-refractivity contribution < 1.29 is 29.2 Å². The van der Waals surface area contributed by atoms with Crippen molar-refractivity contribution in [2.24, 2.45) is 28.6 Å². The van der Waals surface area contributed by atoms with Crippen LogP contribution in [0.2, 0.25) is 0 Å². The van der Waals surface area contributed by atoms with E-state index in [0.29, 0.717) is 12.3 Å². The summed E-state index contributed by atoms with van der Waals surface area (Å²) in [5, 5.41) is 23.4. The fourth-order valence-corrected chi connectivity index (χ4v) is 9.64. The standard InChI is InChI=1S/C24H38O6/c1-12-27-18-10-23-11-21(5)14(19(23)28-13(2)29-21)7-8-15(23)22(6,26)16-9-17(25)20(3,4)24(16,18)30-12/h12-19,25-26H,7-11H2,1-6H3/t12?,13?,14-,15+,16?,17+,18-,19-,21-,22-,23?,24?/m1/s1. The third-order valence-electron chi connectivity index (χ3n) is 10.6. The summed E-state index contributed by atoms with van der Waals surface area (Å²) in [6.07, 6.45) is 2.96. The van der Waals surface area contributed by atoms with Crippen LogP contribution < -0.4 is 0 Å². The highest BCUT2D eigenvalue weighted by atomic mass is 16.7. The summed E-state index contributed by atoms with van der Waals surface area (Å²) >= 11 is 0. The maximum absolute atomic E-state index is 12.3. The molecule has 0 aromatic carbocycles. The van der Waals surface area contributed by atoms with E-state index in [2.05, 4.69) is 20.8 Å². The van der Waals surface area contributed by atoms with Crippen molar-refractivity contribution in [1.82, 2.24) is 0 Å². The first-order valence-electron chi connectivity index (χ1n) is 12.0. The minimum atomic E-state index is -0.984. The van der Waals surface area contributed by atoms with Crippen molar-refractivity contribution >= 4 is 0 Å². The van der Waals surface area contributed by atoms with Gasteiger partial charge in [0.05, 0.1) is 29.5 Å². The molecule has 4 aliphatic carbocycles. The third kappa shape index (κ3) is 2.04. The van der Waals surface area contributed by atoms with E-state index in [0.717, 1.165) is 25.7 Å². The van der Waals surface area contributed by atoms with Crippen LogP contribution in [0.5, 0.6) is 0 Å². The Hall–Kier alpha value is -0.240. The van der Waals surface area contributed by atoms with E-state index in [9.17, 15) is 10.2 Å². The van der Waals surface area contributed by atoms with Gasteiger partial charge in [-0.3, -0.25) is 0 Å². The zero-order chi connectivity index (χ0) is 21.5. The molecule has 6 rings (SSSR count). The van der Waals surface area contributed by atoms with E-state index in [1.54, 1.807) is 0 Å². The van der Waals surface area contributed by atoms with Crippen LogP contribution in [0.4, 0.5) is 0 Å². The maximum atomic E-state index is 12.3. The highest BCUT2D eigenvalue weighted by molar-refractivity contribution is 5.28. The van der Waals surface area contributed by atoms with Crippen LogP contribution in [-0.2, 0) is 18.9 Å². The average Bonchev–Trinajstić information content (AvgIpc) is 3.02. The van der Waals surface area contributed by atoms with Crippen LogP contribution >= 0.6 is 0 Å². The normalized spacial score (nSPS) is 65.6. The minimum absolute atomic E-state index is 0.0676. The van der Waals surface area contributed by atoms with Gasteiger partial charge < -0.3 is 29.2 Å². The van der Waals surface area contributed by atoms with Crippen LogP contribution in [0.3, 0.4) is 0 Å². The fraction of sp³-hybridized carbons (Fsp3) is 1.00. The van der Waals surface area contributed by atoms with E-state index in [1.807, 2.05) is 20.8 Å². The number of ether oxygens (including phenoxy) is 4. The van der Waals surface area contributed by atoms with Crippen molar-refractivity contribution in [2.75, 3.05) is 0 Å². The average molecular weight is 423 g/mol. The van der Waals surface area contributed by atoms with E-state index >= 15 is 0 Å². The maximum Gasteiger partial charge on any atom is 0.156 e. The molecule has 2 aliphatic heterocycles. The van der Waals surface area contributed by atoms with Gasteiger partial charge in [-0.05, 0) is 65.7 Å². The predicted molar refractivity (Wildman–Crippen MR) is 108 cm³/mol. The highest BCUT2D eigenvalue weighted by Crippen LogP contribution is 2.73. The van der Waals surface area contributed by atoms with Gasteiger partial charge in [-0.25, -0.2) is 0 Å². The lowest BCUT2D eigenvalue weighted by molar-refractivity contribution is -0.292. The zero-order valence-electron chi connectivity index (χ0n) is 19.2. The van der Waals surface area contributed by atoms with Crippen molar-refractivity contribution in [3.63, 3.8) is 0 Å². The summed E-state index contributed by atoms with van der Waals surface area (Å²) in [6, 6.07) is 0. The molecule has 0 amide bonds. The molecule has 6 fully saturated rings. The molecule has 2 N–H and O–H groups in total. The molecule has 2 saturated heterocycles. The van der Waals surface area contributed by atoms with E-state index in [1.165, 1.54) is 0 Å². The Balaban J connectivity index is 1.55. The van der Waals surface area contributed by atoms with Crippen molar-refractivity contribution in [2.45, 2.75) is 121 Å². The van der Waals surface area contributed by atoms with Crippen LogP contribution in [0.15, 0.2) is 0 Å². The van der Waals surface area contributed by atoms with Gasteiger partial charge in [-0.2, -0.15) is 0 Å². The zero-order valence-corrected chi connectivity index (χ0v) is 19.2. The second-order valence-corrected chi connectivity index (χ2v) is 12.3. The first kappa shape index (κ1) is 20.4. The first-order chi connectivity index (χ1) is 13.9. The third-order valence-corrected chi connectivity index (χ3v) is 10.6. The summed E-state index contributed by atoms with van der Waals surface area (Å²) < 4.78 is 26.0. The van der Waals surface area contributed by atoms with E-state index < -0.39 is 22.7 Å². The Kier molecular flexibility index (Phi) is 3.82. The Morgan fingerprint density at radius 3 is 2.33 bits per heavy atom. The number of rotatable bonds is 0. The molecular formula is C24H38O6. The summed E-state index contributed by atoms with van der Waals surface area (Å²) in [5.74, 6) is 0.239. The van der Waals surface area contributed by atoms with Gasteiger partial charge in [-0.1, -0.05) is 13.8 Å². The predicted octanol–water partition coefficient (Wildman–Crippen LogP) is 2.98. The molecule has 0 aromatic heterocycles. The quantitative estimate of drug-likeness (QED) is 0.625. The summed E-state index contributed by atoms with van der Waals surface area (Å²) in [7, 11) is 0. The van der Waals surface area contributed by atoms with Crippen molar-refractivity contribution in [3.8, 4) is 0 Å². The highest BCUT2D eigenvalue weighted by Gasteiger charge is 2.80. The lowest BCUT2D eigenvalue weighted by Gasteiger charge is -2.53. The second kappa shape index (κ2) is 5.63. The van der Waals surface area contributed by atoms with Gasteiger partial charge in [-0.15, -0.1) is 0 Å². The molecule has 6 nitrogen and oxygen atoms in total. The Morgan fingerprint density at radius 1 is 0.900 bits per heavy atom. The van der Waals surface area contributed by atoms with E-state index in [4.69, 9.17) is 18.9 Å². The summed E-state index contributed by atoms with van der Waals surface area (Å²) in [6.45, 7) is 12.4. The molecule has 170 valence electrons. The molecule has 4 bridgehead atoms. The van der Waals surface area contributed by atoms with Crippen LogP contribution in [0, 0.1) is 28.6 Å². The molecule has 5 unspecified atom stereocenters. The molecule has 2 heterocycles. The minimum Gasteiger partial charge on any atom is -0.392 e. The molecule has 2 spiro atoms. The molecule has 6 aliphatic rings. The van der Waals surface area contributed by atoms with Crippen LogP contribution in [-0.4, -0.2) is 57.9 Å². The Labute approximate surface area is 179 Å². The number of hydrogen-bond donors (Lipinski definition) is 2. The van der Waals surface area contributed by atoms with Crippen LogP contribution in [0.25, 0.3) is 0 Å². The fourth-order valence-electron chi connectivity index (χ4n) is 9.64. The Bertz CT molecular complexity index is 767. The van der Waals surface area contributed by atoms with Crippen molar-refractivity contribution in [1.29, 1.82) is 0 Å². The molecule has 4 saturated carbocycles. The SMILES string of the molecule is CC1O[C@@H]2CC34C[C@@]5(C)OC(C)O[C@@H]3[C@H]5CC[C@H]4[C@@](C)(O)C3C[C@H](O)C(C)(C)C32O1. The summed E-state index contributed by atoms with van der Waals surface area (Å²) in [4.78, 5) is 0. The van der Waals surface area contributed by atoms with E-state index in [-0.39, 0.29) is 47.6 Å². The summed E-state index contributed by atoms with van der Waals surface area (Å²) in [5.41, 5.74) is -2.63. The van der Waals surface area contributed by atoms with Gasteiger partial charge >= 0.3 is 0 Å². The van der Waals surface area contributed by atoms with Gasteiger partial charge in [0.25, 0.3) is 0 Å². The molecule has 12 atom stereocenters. The Morgan fingerprint density at radius 2 is 1.60 bits per heavy atom. The largest absolute Gasteiger partial charge is 0.392 e. The lowest BCUT2D eigenvalue weighted by Crippen LogP contribution is -2.60. The smallest absolute Gasteiger partial charge is 0.156 e. The van der Waals surface area contributed by atoms with Crippen LogP contribution in [0.1, 0.15) is 73.6 Å². The lowest BCUT2D eigenvalue weighted by atomic mass is 9.57. The van der Waals surface area contributed by atoms with Gasteiger partial charge in [0.15, 0.2) is 12.6 Å². The second-order valence-electron chi connectivity index (χ2n) is 12.3. The van der Waals surface area contributed by atoms with Crippen molar-refractivity contribution in [3.05, 3.63) is 0 Å². The monoisotopic (exact) mass is 422 g/mol. The molecule has 6 heteroatoms. The molecule has 0 radical (unpaired) electrons. The van der Waals surface area contributed by atoms with Gasteiger partial charge in [0.1, 0.15) is 5.60 Å². The first-order valence-corrected chi connectivity index (χ1v) is 12.0. The number of aliphatic hydroxyl groups excluding tert-OH is 1. The molecule has 0 aromatic rings. The number of hydrogen-bond acceptors (Lipinski definition) is 6.